The van der Waals surface area contributed by atoms with Gasteiger partial charge in [-0.2, -0.15) is 4.31 Å². The number of benzene rings is 1. The number of ether oxygens (including phenoxy) is 1. The summed E-state index contributed by atoms with van der Waals surface area (Å²) in [5.74, 6) is 0.606. The van der Waals surface area contributed by atoms with Crippen molar-refractivity contribution in [1.29, 1.82) is 0 Å². The van der Waals surface area contributed by atoms with Crippen LogP contribution in [0.4, 0.5) is 0 Å². The predicted octanol–water partition coefficient (Wildman–Crippen LogP) is 1.99. The number of nitrogens with zero attached hydrogens (tertiary/aromatic N) is 1. The van der Waals surface area contributed by atoms with Gasteiger partial charge >= 0.3 is 0 Å². The molecule has 0 bridgehead atoms. The lowest BCUT2D eigenvalue weighted by atomic mass is 10.1. The summed E-state index contributed by atoms with van der Waals surface area (Å²) in [4.78, 5) is 0.259. The lowest BCUT2D eigenvalue weighted by Crippen LogP contribution is -2.45. The first-order chi connectivity index (χ1) is 8.95. The molecule has 0 aliphatic carbocycles. The highest BCUT2D eigenvalue weighted by Gasteiger charge is 2.29. The molecular formula is C12H18BrClN2O3S. The molecule has 20 heavy (non-hydrogen) atoms. The van der Waals surface area contributed by atoms with Crippen LogP contribution in [0.5, 0.6) is 5.75 Å². The Morgan fingerprint density at radius 1 is 1.45 bits per heavy atom. The van der Waals surface area contributed by atoms with Crippen molar-refractivity contribution >= 4 is 38.4 Å². The zero-order valence-electron chi connectivity index (χ0n) is 11.1. The molecule has 8 heteroatoms. The highest BCUT2D eigenvalue weighted by atomic mass is 79.9. The second kappa shape index (κ2) is 7.09. The average Bonchev–Trinajstić information content (AvgIpc) is 2.38. The molecule has 0 radical (unpaired) electrons. The summed E-state index contributed by atoms with van der Waals surface area (Å²) >= 11 is 3.30. The van der Waals surface area contributed by atoms with E-state index in [-0.39, 0.29) is 23.3 Å². The van der Waals surface area contributed by atoms with Crippen molar-refractivity contribution in [1.82, 2.24) is 4.31 Å². The monoisotopic (exact) mass is 384 g/mol. The van der Waals surface area contributed by atoms with E-state index in [2.05, 4.69) is 15.9 Å². The van der Waals surface area contributed by atoms with Gasteiger partial charge in [0.1, 0.15) is 5.75 Å². The zero-order chi connectivity index (χ0) is 14.0. The molecule has 1 atom stereocenters. The minimum Gasteiger partial charge on any atom is -0.496 e. The van der Waals surface area contributed by atoms with Crippen LogP contribution in [-0.4, -0.2) is 39.0 Å². The van der Waals surface area contributed by atoms with Crippen LogP contribution >= 0.6 is 28.3 Å². The van der Waals surface area contributed by atoms with Crippen LogP contribution in [0.15, 0.2) is 27.6 Å². The standard InChI is InChI=1S/C12H17BrN2O3S.ClH/c1-18-12-5-4-10(7-11(12)13)19(16,17)15-6-2-3-9(14)8-15;/h4-5,7,9H,2-3,6,8,14H2,1H3;1H. The quantitative estimate of drug-likeness (QED) is 0.863. The molecule has 1 aromatic rings. The van der Waals surface area contributed by atoms with Crippen LogP contribution in [-0.2, 0) is 10.0 Å². The predicted molar refractivity (Wildman–Crippen MR) is 83.9 cm³/mol. The lowest BCUT2D eigenvalue weighted by Gasteiger charge is -2.29. The SMILES string of the molecule is COc1ccc(S(=O)(=O)N2CCCC(N)C2)cc1Br.Cl. The van der Waals surface area contributed by atoms with Gasteiger partial charge in [0.25, 0.3) is 0 Å². The minimum absolute atomic E-state index is 0. The molecule has 2 rings (SSSR count). The Morgan fingerprint density at radius 2 is 2.15 bits per heavy atom. The van der Waals surface area contributed by atoms with Gasteiger partial charge in [-0.25, -0.2) is 8.42 Å². The fraction of sp³-hybridized carbons (Fsp3) is 0.500. The summed E-state index contributed by atoms with van der Waals surface area (Å²) in [7, 11) is -1.94. The molecule has 0 saturated carbocycles. The molecule has 1 heterocycles. The van der Waals surface area contributed by atoms with Crippen molar-refractivity contribution in [3.63, 3.8) is 0 Å². The van der Waals surface area contributed by atoms with Crippen molar-refractivity contribution in [2.24, 2.45) is 5.73 Å². The van der Waals surface area contributed by atoms with Crippen molar-refractivity contribution in [2.45, 2.75) is 23.8 Å². The zero-order valence-corrected chi connectivity index (χ0v) is 14.3. The molecule has 1 aromatic carbocycles. The molecule has 0 amide bonds. The van der Waals surface area contributed by atoms with E-state index in [1.54, 1.807) is 18.2 Å². The Labute approximate surface area is 134 Å². The van der Waals surface area contributed by atoms with E-state index in [0.717, 1.165) is 12.8 Å². The highest BCUT2D eigenvalue weighted by Crippen LogP contribution is 2.29. The van der Waals surface area contributed by atoms with E-state index in [1.165, 1.54) is 11.4 Å². The minimum atomic E-state index is -3.47. The fourth-order valence-corrected chi connectivity index (χ4v) is 4.40. The molecule has 0 spiro atoms. The fourth-order valence-electron chi connectivity index (χ4n) is 2.15. The summed E-state index contributed by atoms with van der Waals surface area (Å²) in [6.45, 7) is 0.908. The number of piperidine rings is 1. The van der Waals surface area contributed by atoms with Crippen molar-refractivity contribution in [2.75, 3.05) is 20.2 Å². The van der Waals surface area contributed by atoms with E-state index in [1.807, 2.05) is 0 Å². The van der Waals surface area contributed by atoms with E-state index in [4.69, 9.17) is 10.5 Å². The molecule has 1 aliphatic heterocycles. The van der Waals surface area contributed by atoms with Crippen LogP contribution in [0.1, 0.15) is 12.8 Å². The van der Waals surface area contributed by atoms with E-state index in [9.17, 15) is 8.42 Å². The first kappa shape index (κ1) is 17.7. The molecular weight excluding hydrogens is 368 g/mol. The second-order valence-corrected chi connectivity index (χ2v) is 7.35. The molecule has 1 aliphatic rings. The van der Waals surface area contributed by atoms with Gasteiger partial charge in [-0.1, -0.05) is 0 Å². The van der Waals surface area contributed by atoms with Gasteiger partial charge in [0, 0.05) is 19.1 Å². The molecule has 2 N–H and O–H groups in total. The van der Waals surface area contributed by atoms with Gasteiger partial charge in [0.05, 0.1) is 16.5 Å². The van der Waals surface area contributed by atoms with E-state index < -0.39 is 10.0 Å². The van der Waals surface area contributed by atoms with E-state index >= 15 is 0 Å². The molecule has 5 nitrogen and oxygen atoms in total. The third-order valence-electron chi connectivity index (χ3n) is 3.18. The Hall–Kier alpha value is -0.340. The lowest BCUT2D eigenvalue weighted by molar-refractivity contribution is 0.316. The Bertz CT molecular complexity index is 568. The number of sulfonamides is 1. The first-order valence-corrected chi connectivity index (χ1v) is 8.27. The van der Waals surface area contributed by atoms with Gasteiger partial charge < -0.3 is 10.5 Å². The number of halogens is 2. The number of hydrogen-bond donors (Lipinski definition) is 1. The number of methoxy groups -OCH3 is 1. The summed E-state index contributed by atoms with van der Waals surface area (Å²) in [5, 5.41) is 0. The molecule has 1 fully saturated rings. The van der Waals surface area contributed by atoms with Crippen LogP contribution in [0, 0.1) is 0 Å². The molecule has 0 aromatic heterocycles. The second-order valence-electron chi connectivity index (χ2n) is 4.56. The third-order valence-corrected chi connectivity index (χ3v) is 5.66. The Balaban J connectivity index is 0.00000200. The van der Waals surface area contributed by atoms with Gasteiger partial charge in [0.2, 0.25) is 10.0 Å². The normalized spacial score (nSPS) is 20.2. The number of rotatable bonds is 3. The topological polar surface area (TPSA) is 72.6 Å². The molecule has 1 unspecified atom stereocenters. The smallest absolute Gasteiger partial charge is 0.243 e. The Morgan fingerprint density at radius 3 is 2.70 bits per heavy atom. The summed E-state index contributed by atoms with van der Waals surface area (Å²) in [6, 6.07) is 4.68. The first-order valence-electron chi connectivity index (χ1n) is 6.04. The number of nitrogens with two attached hydrogens (primary N) is 1. The van der Waals surface area contributed by atoms with Gasteiger partial charge in [0.15, 0.2) is 0 Å². The Kier molecular flexibility index (Phi) is 6.27. The average molecular weight is 386 g/mol. The van der Waals surface area contributed by atoms with Gasteiger partial charge in [-0.05, 0) is 47.0 Å². The maximum absolute atomic E-state index is 12.5. The van der Waals surface area contributed by atoms with Crippen molar-refractivity contribution in [3.8, 4) is 5.75 Å². The van der Waals surface area contributed by atoms with Crippen LogP contribution in [0.2, 0.25) is 0 Å². The molecule has 1 saturated heterocycles. The molecule has 114 valence electrons. The third kappa shape index (κ3) is 3.65. The van der Waals surface area contributed by atoms with Crippen molar-refractivity contribution < 1.29 is 13.2 Å². The number of hydrogen-bond acceptors (Lipinski definition) is 4. The van der Waals surface area contributed by atoms with Crippen LogP contribution < -0.4 is 10.5 Å². The van der Waals surface area contributed by atoms with Crippen LogP contribution in [0.25, 0.3) is 0 Å². The van der Waals surface area contributed by atoms with Crippen molar-refractivity contribution in [3.05, 3.63) is 22.7 Å². The summed E-state index contributed by atoms with van der Waals surface area (Å²) in [6.07, 6.45) is 1.68. The summed E-state index contributed by atoms with van der Waals surface area (Å²) < 4.78 is 32.2. The summed E-state index contributed by atoms with van der Waals surface area (Å²) in [5.41, 5.74) is 5.84. The van der Waals surface area contributed by atoms with Gasteiger partial charge in [-0.15, -0.1) is 12.4 Å². The largest absolute Gasteiger partial charge is 0.496 e. The maximum atomic E-state index is 12.5. The highest BCUT2D eigenvalue weighted by molar-refractivity contribution is 9.10. The van der Waals surface area contributed by atoms with Gasteiger partial charge in [-0.3, -0.25) is 0 Å². The van der Waals surface area contributed by atoms with E-state index in [0.29, 0.717) is 23.3 Å². The maximum Gasteiger partial charge on any atom is 0.243 e. The van der Waals surface area contributed by atoms with Crippen LogP contribution in [0.3, 0.4) is 0 Å².